The van der Waals surface area contributed by atoms with Crippen LogP contribution >= 0.6 is 0 Å². The molecule has 0 aliphatic heterocycles. The molecule has 4 N–H and O–H groups in total. The first-order valence-corrected chi connectivity index (χ1v) is 10.5. The molecule has 0 radical (unpaired) electrons. The van der Waals surface area contributed by atoms with E-state index in [4.69, 9.17) is 10.5 Å². The fourth-order valence-corrected chi connectivity index (χ4v) is 3.60. The maximum atomic E-state index is 14.9. The lowest BCUT2D eigenvalue weighted by Crippen LogP contribution is -2.31. The first kappa shape index (κ1) is 22.1. The highest BCUT2D eigenvalue weighted by Crippen LogP contribution is 2.34. The Balaban J connectivity index is 1.76. The van der Waals surface area contributed by atoms with E-state index in [0.717, 1.165) is 12.1 Å². The molecule has 0 fully saturated rings. The van der Waals surface area contributed by atoms with Crippen LogP contribution in [0.4, 0.5) is 10.1 Å². The highest BCUT2D eigenvalue weighted by molar-refractivity contribution is 6.08. The van der Waals surface area contributed by atoms with Gasteiger partial charge in [-0.1, -0.05) is 25.1 Å². The van der Waals surface area contributed by atoms with Crippen LogP contribution in [0.5, 0.6) is 5.75 Å². The zero-order valence-corrected chi connectivity index (χ0v) is 18.3. The van der Waals surface area contributed by atoms with Gasteiger partial charge in [0.1, 0.15) is 23.7 Å². The van der Waals surface area contributed by atoms with Gasteiger partial charge < -0.3 is 25.3 Å². The van der Waals surface area contributed by atoms with E-state index in [-0.39, 0.29) is 23.4 Å². The lowest BCUT2D eigenvalue weighted by Gasteiger charge is -2.14. The van der Waals surface area contributed by atoms with Crippen molar-refractivity contribution in [2.75, 3.05) is 12.3 Å². The second-order valence-electron chi connectivity index (χ2n) is 7.65. The van der Waals surface area contributed by atoms with E-state index in [2.05, 4.69) is 15.3 Å². The van der Waals surface area contributed by atoms with Crippen LogP contribution in [0.2, 0.25) is 0 Å². The van der Waals surface area contributed by atoms with Gasteiger partial charge in [-0.2, -0.15) is 0 Å². The van der Waals surface area contributed by atoms with Crippen molar-refractivity contribution in [3.63, 3.8) is 0 Å². The number of hydrogen-bond donors (Lipinski definition) is 3. The number of aryl methyl sites for hydroxylation is 1. The Labute approximate surface area is 189 Å². The highest BCUT2D eigenvalue weighted by atomic mass is 19.1. The number of rotatable bonds is 7. The average molecular weight is 449 g/mol. The molecule has 2 aromatic heterocycles. The molecule has 0 atom stereocenters. The van der Waals surface area contributed by atoms with E-state index in [1.807, 2.05) is 18.5 Å². The molecule has 4 rings (SSSR count). The molecule has 0 saturated heterocycles. The predicted molar refractivity (Wildman–Crippen MR) is 125 cm³/mol. The molecule has 0 unspecified atom stereocenters. The maximum Gasteiger partial charge on any atom is 0.263 e. The van der Waals surface area contributed by atoms with Crippen molar-refractivity contribution in [3.8, 4) is 16.9 Å². The van der Waals surface area contributed by atoms with Crippen LogP contribution in [0, 0.1) is 5.82 Å². The molecule has 1 amide bonds. The summed E-state index contributed by atoms with van der Waals surface area (Å²) < 4.78 is 22.5. The fraction of sp³-hybridized carbons (Fsp3) is 0.208. The number of hydrogen-bond acceptors (Lipinski definition) is 5. The Bertz CT molecular complexity index is 1390. The summed E-state index contributed by atoms with van der Waals surface area (Å²) in [5.74, 6) is -0.574. The summed E-state index contributed by atoms with van der Waals surface area (Å²) in [6.07, 6.45) is 4.08. The monoisotopic (exact) mass is 449 g/mol. The van der Waals surface area contributed by atoms with Gasteiger partial charge in [-0.3, -0.25) is 9.59 Å². The van der Waals surface area contributed by atoms with Gasteiger partial charge in [0.2, 0.25) is 0 Å². The lowest BCUT2D eigenvalue weighted by atomic mass is 9.99. The van der Waals surface area contributed by atoms with Gasteiger partial charge in [0.05, 0.1) is 29.4 Å². The molecule has 9 heteroatoms. The Hall–Kier alpha value is -4.14. The summed E-state index contributed by atoms with van der Waals surface area (Å²) in [6, 6.07) is 9.47. The Morgan fingerprint density at radius 1 is 1.27 bits per heavy atom. The third-order valence-electron chi connectivity index (χ3n) is 5.38. The predicted octanol–water partition coefficient (Wildman–Crippen LogP) is 3.37. The Kier molecular flexibility index (Phi) is 6.12. The lowest BCUT2D eigenvalue weighted by molar-refractivity contribution is 0.0953. The quantitative estimate of drug-likeness (QED) is 0.400. The number of H-pyrrole nitrogens is 1. The van der Waals surface area contributed by atoms with Crippen LogP contribution in [0.15, 0.2) is 53.7 Å². The van der Waals surface area contributed by atoms with E-state index in [1.54, 1.807) is 36.8 Å². The van der Waals surface area contributed by atoms with Crippen molar-refractivity contribution in [3.05, 3.63) is 76.4 Å². The molecule has 0 saturated carbocycles. The van der Waals surface area contributed by atoms with Crippen LogP contribution in [0.1, 0.15) is 29.4 Å². The van der Waals surface area contributed by atoms with Crippen molar-refractivity contribution in [2.24, 2.45) is 7.05 Å². The summed E-state index contributed by atoms with van der Waals surface area (Å²) in [6.45, 7) is 2.59. The Morgan fingerprint density at radius 2 is 2.09 bits per heavy atom. The van der Waals surface area contributed by atoms with Crippen LogP contribution in [0.3, 0.4) is 0 Å². The number of fused-ring (bicyclic) bond motifs is 1. The topological polar surface area (TPSA) is 115 Å². The molecule has 0 bridgehead atoms. The molecule has 0 spiro atoms. The number of halogens is 1. The van der Waals surface area contributed by atoms with Crippen LogP contribution in [-0.4, -0.2) is 27.0 Å². The number of ether oxygens (including phenoxy) is 1. The largest absolute Gasteiger partial charge is 0.487 e. The molecule has 4 aromatic rings. The number of nitrogens with zero attached hydrogens (tertiary/aromatic N) is 2. The summed E-state index contributed by atoms with van der Waals surface area (Å²) >= 11 is 0. The number of benzene rings is 2. The van der Waals surface area contributed by atoms with Crippen molar-refractivity contribution in [1.29, 1.82) is 0 Å². The summed E-state index contributed by atoms with van der Waals surface area (Å²) in [5, 5.41) is 3.12. The number of carbonyl (C=O) groups excluding carboxylic acids is 1. The zero-order chi connectivity index (χ0) is 23.5. The summed E-state index contributed by atoms with van der Waals surface area (Å²) in [7, 11) is 1.86. The molecule has 2 aromatic carbocycles. The van der Waals surface area contributed by atoms with Crippen molar-refractivity contribution in [2.45, 2.75) is 20.0 Å². The minimum atomic E-state index is -0.634. The minimum Gasteiger partial charge on any atom is -0.487 e. The number of nitrogen functional groups attached to an aromatic ring is 1. The standard InChI is InChI=1S/C24H24FN5O3/c1-3-9-28-23(31)20-21(26)17-6-4-5-16(22(17)29-24(20)32)18-10-15(7-8-19(18)25)33-12-14-11-27-13-30(14)2/h4-8,10-11,13H,3,9,12H2,1-2H3,(H,28,31)(H3,26,29,32). The van der Waals surface area contributed by atoms with E-state index >= 15 is 0 Å². The minimum absolute atomic E-state index is 0.0493. The number of anilines is 1. The van der Waals surface area contributed by atoms with E-state index in [0.29, 0.717) is 28.8 Å². The fourth-order valence-electron chi connectivity index (χ4n) is 3.60. The van der Waals surface area contributed by atoms with Gasteiger partial charge in [0.25, 0.3) is 11.5 Å². The second kappa shape index (κ2) is 9.15. The molecule has 0 aliphatic carbocycles. The average Bonchev–Trinajstić information content (AvgIpc) is 3.21. The zero-order valence-electron chi connectivity index (χ0n) is 18.3. The molecular formula is C24H24FN5O3. The van der Waals surface area contributed by atoms with Crippen molar-refractivity contribution in [1.82, 2.24) is 19.9 Å². The third-order valence-corrected chi connectivity index (χ3v) is 5.38. The SMILES string of the molecule is CCCNC(=O)c1c(N)c2cccc(-c3cc(OCc4cncn4C)ccc3F)c2[nH]c1=O. The van der Waals surface area contributed by atoms with Crippen LogP contribution < -0.4 is 21.3 Å². The molecule has 2 heterocycles. The van der Waals surface area contributed by atoms with E-state index < -0.39 is 17.3 Å². The summed E-state index contributed by atoms with van der Waals surface area (Å²) in [4.78, 5) is 31.9. The molecule has 0 aliphatic rings. The van der Waals surface area contributed by atoms with Gasteiger partial charge in [-0.15, -0.1) is 0 Å². The first-order valence-electron chi connectivity index (χ1n) is 10.5. The van der Waals surface area contributed by atoms with Gasteiger partial charge in [0, 0.05) is 30.1 Å². The smallest absolute Gasteiger partial charge is 0.263 e. The van der Waals surface area contributed by atoms with Gasteiger partial charge in [0.15, 0.2) is 0 Å². The van der Waals surface area contributed by atoms with E-state index in [9.17, 15) is 14.0 Å². The second-order valence-corrected chi connectivity index (χ2v) is 7.65. The Morgan fingerprint density at radius 3 is 2.82 bits per heavy atom. The number of amides is 1. The molecular weight excluding hydrogens is 425 g/mol. The molecule has 8 nitrogen and oxygen atoms in total. The number of imidazole rings is 1. The van der Waals surface area contributed by atoms with Crippen LogP contribution in [0.25, 0.3) is 22.0 Å². The normalized spacial score (nSPS) is 11.0. The molecule has 170 valence electrons. The number of nitrogens with one attached hydrogen (secondary N) is 2. The van der Waals surface area contributed by atoms with Gasteiger partial charge in [-0.05, 0) is 24.6 Å². The third kappa shape index (κ3) is 4.30. The highest BCUT2D eigenvalue weighted by Gasteiger charge is 2.20. The van der Waals surface area contributed by atoms with Gasteiger partial charge in [-0.25, -0.2) is 9.37 Å². The number of nitrogens with two attached hydrogens (primary N) is 1. The van der Waals surface area contributed by atoms with Crippen molar-refractivity contribution < 1.29 is 13.9 Å². The van der Waals surface area contributed by atoms with E-state index in [1.165, 1.54) is 12.1 Å². The number of carbonyl (C=O) groups is 1. The number of aromatic amines is 1. The number of aromatic nitrogens is 3. The first-order chi connectivity index (χ1) is 15.9. The maximum absolute atomic E-state index is 14.9. The summed E-state index contributed by atoms with van der Waals surface area (Å²) in [5.41, 5.74) is 7.35. The molecule has 33 heavy (non-hydrogen) atoms. The van der Waals surface area contributed by atoms with Crippen LogP contribution in [-0.2, 0) is 13.7 Å². The number of pyridine rings is 1. The van der Waals surface area contributed by atoms with Gasteiger partial charge >= 0.3 is 0 Å². The number of para-hydroxylation sites is 1. The van der Waals surface area contributed by atoms with Crippen molar-refractivity contribution >= 4 is 22.5 Å².